The van der Waals surface area contributed by atoms with E-state index in [0.29, 0.717) is 18.8 Å². The van der Waals surface area contributed by atoms with Gasteiger partial charge in [0.05, 0.1) is 12.7 Å². The fraction of sp³-hybridized carbons (Fsp3) is 0.444. The molecule has 0 saturated carbocycles. The molecular weight excluding hydrogens is 292 g/mol. The molecule has 1 aromatic carbocycles. The Labute approximate surface area is 137 Å². The molecule has 1 aromatic rings. The fourth-order valence-electron chi connectivity index (χ4n) is 1.90. The van der Waals surface area contributed by atoms with Gasteiger partial charge in [-0.05, 0) is 33.3 Å². The molecule has 1 N–H and O–H groups in total. The van der Waals surface area contributed by atoms with Crippen molar-refractivity contribution in [3.8, 4) is 6.07 Å². The first kappa shape index (κ1) is 18.6. The van der Waals surface area contributed by atoms with Crippen molar-refractivity contribution in [1.29, 1.82) is 5.26 Å². The lowest BCUT2D eigenvalue weighted by molar-refractivity contribution is 0.0516. The molecule has 0 unspecified atom stereocenters. The van der Waals surface area contributed by atoms with E-state index in [2.05, 4.69) is 18.0 Å². The molecule has 124 valence electrons. The van der Waals surface area contributed by atoms with Crippen LogP contribution in [0.15, 0.2) is 30.8 Å². The first-order valence-electron chi connectivity index (χ1n) is 7.55. The van der Waals surface area contributed by atoms with Crippen molar-refractivity contribution in [2.45, 2.75) is 45.8 Å². The Morgan fingerprint density at radius 2 is 1.96 bits per heavy atom. The van der Waals surface area contributed by atoms with Crippen molar-refractivity contribution in [2.24, 2.45) is 0 Å². The van der Waals surface area contributed by atoms with E-state index in [-0.39, 0.29) is 0 Å². The van der Waals surface area contributed by atoms with Gasteiger partial charge < -0.3 is 14.8 Å². The number of carbonyl (C=O) groups is 1. The minimum Gasteiger partial charge on any atom is -0.494 e. The molecule has 0 fully saturated rings. The van der Waals surface area contributed by atoms with E-state index in [4.69, 9.17) is 9.47 Å². The molecule has 1 amide bonds. The number of hydrogen-bond acceptors (Lipinski definition) is 4. The van der Waals surface area contributed by atoms with Crippen molar-refractivity contribution < 1.29 is 14.3 Å². The predicted molar refractivity (Wildman–Crippen MR) is 89.6 cm³/mol. The largest absolute Gasteiger partial charge is 0.494 e. The van der Waals surface area contributed by atoms with Crippen molar-refractivity contribution in [3.63, 3.8) is 0 Å². The third kappa shape index (κ3) is 6.88. The summed E-state index contributed by atoms with van der Waals surface area (Å²) in [6.07, 6.45) is -0.192. The van der Waals surface area contributed by atoms with E-state index in [0.717, 1.165) is 11.1 Å². The lowest BCUT2D eigenvalue weighted by Gasteiger charge is -2.21. The second-order valence-corrected chi connectivity index (χ2v) is 6.09. The van der Waals surface area contributed by atoms with Gasteiger partial charge in [0.15, 0.2) is 0 Å². The van der Waals surface area contributed by atoms with Crippen molar-refractivity contribution in [3.05, 3.63) is 42.0 Å². The molecule has 1 atom stereocenters. The number of ether oxygens (including phenoxy) is 2. The van der Waals surface area contributed by atoms with Gasteiger partial charge in [-0.25, -0.2) is 4.79 Å². The summed E-state index contributed by atoms with van der Waals surface area (Å²) in [4.78, 5) is 11.7. The normalized spacial score (nSPS) is 12.0. The van der Waals surface area contributed by atoms with Crippen LogP contribution in [-0.2, 0) is 15.9 Å². The van der Waals surface area contributed by atoms with Crippen LogP contribution in [-0.4, -0.2) is 24.3 Å². The van der Waals surface area contributed by atoms with E-state index < -0.39 is 17.7 Å². The number of nitrogens with zero attached hydrogens (tertiary/aromatic N) is 1. The van der Waals surface area contributed by atoms with Crippen LogP contribution in [0.5, 0.6) is 0 Å². The smallest absolute Gasteiger partial charge is 0.408 e. The molecule has 0 heterocycles. The van der Waals surface area contributed by atoms with Gasteiger partial charge in [0.1, 0.15) is 17.4 Å². The van der Waals surface area contributed by atoms with Gasteiger partial charge in [0.25, 0.3) is 0 Å². The molecule has 0 aromatic heterocycles. The monoisotopic (exact) mass is 316 g/mol. The van der Waals surface area contributed by atoms with Gasteiger partial charge in [-0.2, -0.15) is 5.26 Å². The van der Waals surface area contributed by atoms with Gasteiger partial charge in [0.2, 0.25) is 0 Å². The van der Waals surface area contributed by atoms with Crippen LogP contribution in [0.4, 0.5) is 4.79 Å². The average Bonchev–Trinajstić information content (AvgIpc) is 2.45. The van der Waals surface area contributed by atoms with E-state index >= 15 is 0 Å². The van der Waals surface area contributed by atoms with Crippen molar-refractivity contribution in [1.82, 2.24) is 5.32 Å². The third-order valence-electron chi connectivity index (χ3n) is 2.88. The van der Waals surface area contributed by atoms with Crippen LogP contribution in [0.1, 0.15) is 38.8 Å². The van der Waals surface area contributed by atoms with E-state index in [9.17, 15) is 10.1 Å². The zero-order valence-electron chi connectivity index (χ0n) is 14.2. The highest BCUT2D eigenvalue weighted by Crippen LogP contribution is 2.15. The standard InChI is InChI=1S/C18H24N2O3/c1-6-22-13(2)15-9-7-14(8-10-15)11-16(12-19)20-17(21)23-18(3,4)5/h7-10,16H,2,6,11H2,1,3-5H3,(H,20,21)/t16-/m0/s1. The number of nitrogens with one attached hydrogen (secondary N) is 1. The second-order valence-electron chi connectivity index (χ2n) is 6.09. The van der Waals surface area contributed by atoms with Gasteiger partial charge in [-0.3, -0.25) is 0 Å². The summed E-state index contributed by atoms with van der Waals surface area (Å²) in [6, 6.07) is 8.97. The molecular formula is C18H24N2O3. The number of carbonyl (C=O) groups excluding carboxylic acids is 1. The Balaban J connectivity index is 2.64. The Bertz CT molecular complexity index is 580. The SMILES string of the molecule is C=C(OCC)c1ccc(C[C@@H](C#N)NC(=O)OC(C)(C)C)cc1. The van der Waals surface area contributed by atoms with Crippen molar-refractivity contribution in [2.75, 3.05) is 6.61 Å². The fourth-order valence-corrected chi connectivity index (χ4v) is 1.90. The van der Waals surface area contributed by atoms with Crippen LogP contribution >= 0.6 is 0 Å². The van der Waals surface area contributed by atoms with Crippen LogP contribution < -0.4 is 5.32 Å². The Morgan fingerprint density at radius 3 is 2.43 bits per heavy atom. The number of amides is 1. The highest BCUT2D eigenvalue weighted by Gasteiger charge is 2.19. The Morgan fingerprint density at radius 1 is 1.35 bits per heavy atom. The highest BCUT2D eigenvalue weighted by molar-refractivity contribution is 5.68. The first-order valence-corrected chi connectivity index (χ1v) is 7.55. The minimum atomic E-state index is -0.647. The number of hydrogen-bond donors (Lipinski definition) is 1. The second kappa shape index (κ2) is 8.23. The van der Waals surface area contributed by atoms with Crippen LogP contribution in [0.3, 0.4) is 0 Å². The summed E-state index contributed by atoms with van der Waals surface area (Å²) < 4.78 is 10.5. The van der Waals surface area contributed by atoms with Crippen LogP contribution in [0.25, 0.3) is 5.76 Å². The maximum atomic E-state index is 11.7. The molecule has 0 saturated heterocycles. The molecule has 5 nitrogen and oxygen atoms in total. The Kier molecular flexibility index (Phi) is 6.65. The zero-order chi connectivity index (χ0) is 17.5. The molecule has 23 heavy (non-hydrogen) atoms. The maximum absolute atomic E-state index is 11.7. The van der Waals surface area contributed by atoms with Gasteiger partial charge in [-0.15, -0.1) is 0 Å². The summed E-state index contributed by atoms with van der Waals surface area (Å²) in [5.74, 6) is 0.614. The van der Waals surface area contributed by atoms with E-state index in [1.54, 1.807) is 20.8 Å². The lowest BCUT2D eigenvalue weighted by Crippen LogP contribution is -2.39. The van der Waals surface area contributed by atoms with Gasteiger partial charge in [-0.1, -0.05) is 30.8 Å². The summed E-state index contributed by atoms with van der Waals surface area (Å²) in [6.45, 7) is 11.6. The summed E-state index contributed by atoms with van der Waals surface area (Å²) >= 11 is 0. The highest BCUT2D eigenvalue weighted by atomic mass is 16.6. The topological polar surface area (TPSA) is 71.3 Å². The number of alkyl carbamates (subject to hydrolysis) is 1. The van der Waals surface area contributed by atoms with E-state index in [1.165, 1.54) is 0 Å². The minimum absolute atomic E-state index is 0.400. The third-order valence-corrected chi connectivity index (χ3v) is 2.88. The molecule has 1 rings (SSSR count). The van der Waals surface area contributed by atoms with Crippen LogP contribution in [0, 0.1) is 11.3 Å². The zero-order valence-corrected chi connectivity index (χ0v) is 14.2. The lowest BCUT2D eigenvalue weighted by atomic mass is 10.0. The molecule has 5 heteroatoms. The predicted octanol–water partition coefficient (Wildman–Crippen LogP) is 3.65. The van der Waals surface area contributed by atoms with Gasteiger partial charge >= 0.3 is 6.09 Å². The quantitative estimate of drug-likeness (QED) is 0.813. The molecule has 0 radical (unpaired) electrons. The van der Waals surface area contributed by atoms with E-state index in [1.807, 2.05) is 31.2 Å². The summed E-state index contributed by atoms with van der Waals surface area (Å²) in [5.41, 5.74) is 1.23. The molecule has 0 aliphatic rings. The van der Waals surface area contributed by atoms with Crippen LogP contribution in [0.2, 0.25) is 0 Å². The molecule has 0 aliphatic carbocycles. The van der Waals surface area contributed by atoms with Gasteiger partial charge in [0, 0.05) is 12.0 Å². The number of nitriles is 1. The maximum Gasteiger partial charge on any atom is 0.408 e. The molecule has 0 aliphatic heterocycles. The average molecular weight is 316 g/mol. The Hall–Kier alpha value is -2.48. The first-order chi connectivity index (χ1) is 10.7. The number of benzene rings is 1. The number of rotatable bonds is 6. The van der Waals surface area contributed by atoms with Crippen molar-refractivity contribution >= 4 is 11.9 Å². The molecule has 0 bridgehead atoms. The summed E-state index contributed by atoms with van der Waals surface area (Å²) in [7, 11) is 0. The molecule has 0 spiro atoms. The summed E-state index contributed by atoms with van der Waals surface area (Å²) in [5, 5.41) is 11.8.